The number of para-hydroxylation sites is 2. The molecule has 3 aromatic carbocycles. The van der Waals surface area contributed by atoms with E-state index in [1.54, 1.807) is 26.5 Å². The predicted molar refractivity (Wildman–Crippen MR) is 147 cm³/mol. The summed E-state index contributed by atoms with van der Waals surface area (Å²) in [5.41, 5.74) is 8.28. The van der Waals surface area contributed by atoms with Crippen LogP contribution in [0.5, 0.6) is 11.5 Å². The van der Waals surface area contributed by atoms with Gasteiger partial charge in [0.15, 0.2) is 11.5 Å². The quantitative estimate of drug-likeness (QED) is 0.285. The summed E-state index contributed by atoms with van der Waals surface area (Å²) < 4.78 is 10.0. The Kier molecular flexibility index (Phi) is 9.66. The van der Waals surface area contributed by atoms with Crippen molar-refractivity contribution < 1.29 is 19.1 Å². The highest BCUT2D eigenvalue weighted by atomic mass is 16.5. The first-order valence-electron chi connectivity index (χ1n) is 11.6. The van der Waals surface area contributed by atoms with Gasteiger partial charge in [-0.1, -0.05) is 24.3 Å². The van der Waals surface area contributed by atoms with Crippen LogP contribution in [-0.2, 0) is 16.1 Å². The number of rotatable bonds is 8. The second kappa shape index (κ2) is 13.3. The van der Waals surface area contributed by atoms with Crippen molar-refractivity contribution in [2.75, 3.05) is 37.1 Å². The van der Waals surface area contributed by atoms with Gasteiger partial charge in [0.05, 0.1) is 20.8 Å². The second-order valence-electron chi connectivity index (χ2n) is 8.00. The number of benzene rings is 3. The van der Waals surface area contributed by atoms with E-state index in [9.17, 15) is 9.59 Å². The largest absolute Gasteiger partial charge is 0.493 e. The highest BCUT2D eigenvalue weighted by molar-refractivity contribution is 5.93. The first-order valence-corrected chi connectivity index (χ1v) is 11.6. The minimum Gasteiger partial charge on any atom is -0.493 e. The third-order valence-corrected chi connectivity index (χ3v) is 5.27. The lowest BCUT2D eigenvalue weighted by molar-refractivity contribution is -0.119. The molecule has 0 bridgehead atoms. The lowest BCUT2D eigenvalue weighted by Gasteiger charge is -2.10. The number of nitrogens with zero attached hydrogens (tertiary/aromatic N) is 1. The van der Waals surface area contributed by atoms with Gasteiger partial charge in [-0.15, -0.1) is 0 Å². The molecule has 1 aromatic heterocycles. The highest BCUT2D eigenvalue weighted by Crippen LogP contribution is 2.24. The summed E-state index contributed by atoms with van der Waals surface area (Å²) in [7, 11) is 3.25. The molecule has 0 aliphatic heterocycles. The van der Waals surface area contributed by atoms with Crippen LogP contribution in [-0.4, -0.2) is 37.6 Å². The Morgan fingerprint density at radius 3 is 2.30 bits per heavy atom. The number of nitrogen functional groups attached to an aromatic ring is 1. The maximum absolute atomic E-state index is 12.1. The van der Waals surface area contributed by atoms with E-state index < -0.39 is 0 Å². The van der Waals surface area contributed by atoms with E-state index in [1.165, 1.54) is 6.92 Å². The SMILES string of the molecule is CC(=O)Nc1cccc(CNC(=O)CNc2ccc3c(N)nccc3c2)c1.COc1ccccc1OC. The van der Waals surface area contributed by atoms with E-state index in [1.807, 2.05) is 66.7 Å². The molecule has 9 heteroatoms. The van der Waals surface area contributed by atoms with Crippen LogP contribution >= 0.6 is 0 Å². The summed E-state index contributed by atoms with van der Waals surface area (Å²) in [6.45, 7) is 1.99. The zero-order valence-electron chi connectivity index (χ0n) is 21.1. The number of fused-ring (bicyclic) bond motifs is 1. The van der Waals surface area contributed by atoms with E-state index in [0.717, 1.165) is 33.5 Å². The fourth-order valence-corrected chi connectivity index (χ4v) is 3.51. The minimum absolute atomic E-state index is 0.130. The van der Waals surface area contributed by atoms with E-state index >= 15 is 0 Å². The van der Waals surface area contributed by atoms with Crippen molar-refractivity contribution in [3.63, 3.8) is 0 Å². The van der Waals surface area contributed by atoms with Crippen LogP contribution in [0.25, 0.3) is 10.8 Å². The van der Waals surface area contributed by atoms with Gasteiger partial charge >= 0.3 is 0 Å². The van der Waals surface area contributed by atoms with Crippen molar-refractivity contribution >= 4 is 39.8 Å². The van der Waals surface area contributed by atoms with E-state index in [0.29, 0.717) is 18.1 Å². The summed E-state index contributed by atoms with van der Waals surface area (Å²) in [5, 5.41) is 10.5. The Labute approximate surface area is 216 Å². The summed E-state index contributed by atoms with van der Waals surface area (Å²) >= 11 is 0. The Balaban J connectivity index is 0.000000319. The molecule has 0 aliphatic carbocycles. The topological polar surface area (TPSA) is 128 Å². The van der Waals surface area contributed by atoms with Gasteiger partial charge in [0.1, 0.15) is 5.82 Å². The highest BCUT2D eigenvalue weighted by Gasteiger charge is 2.05. The van der Waals surface area contributed by atoms with Crippen molar-refractivity contribution in [3.8, 4) is 11.5 Å². The molecule has 1 heterocycles. The fraction of sp³-hybridized carbons (Fsp3) is 0.179. The van der Waals surface area contributed by atoms with Crippen molar-refractivity contribution in [3.05, 3.63) is 84.6 Å². The molecule has 0 atom stereocenters. The number of carbonyl (C=O) groups is 2. The predicted octanol–water partition coefficient (Wildman–Crippen LogP) is 4.21. The number of ether oxygens (including phenoxy) is 2. The zero-order chi connectivity index (χ0) is 26.6. The number of pyridine rings is 1. The van der Waals surface area contributed by atoms with Crippen LogP contribution in [0.1, 0.15) is 12.5 Å². The normalized spacial score (nSPS) is 10.0. The summed E-state index contributed by atoms with van der Waals surface area (Å²) in [5.74, 6) is 1.76. The fourth-order valence-electron chi connectivity index (χ4n) is 3.51. The van der Waals surface area contributed by atoms with Crippen LogP contribution in [0.4, 0.5) is 17.2 Å². The molecule has 0 fully saturated rings. The first kappa shape index (κ1) is 26.8. The van der Waals surface area contributed by atoms with Crippen molar-refractivity contribution in [1.29, 1.82) is 0 Å². The van der Waals surface area contributed by atoms with Gasteiger partial charge in [0.25, 0.3) is 0 Å². The van der Waals surface area contributed by atoms with Gasteiger partial charge < -0.3 is 31.2 Å². The second-order valence-corrected chi connectivity index (χ2v) is 8.00. The van der Waals surface area contributed by atoms with Crippen molar-refractivity contribution in [2.24, 2.45) is 0 Å². The Bertz CT molecular complexity index is 1340. The van der Waals surface area contributed by atoms with Gasteiger partial charge in [-0.25, -0.2) is 4.98 Å². The van der Waals surface area contributed by atoms with Crippen molar-refractivity contribution in [1.82, 2.24) is 10.3 Å². The first-order chi connectivity index (χ1) is 17.9. The number of aromatic nitrogens is 1. The number of methoxy groups -OCH3 is 2. The van der Waals surface area contributed by atoms with Gasteiger partial charge in [-0.05, 0) is 59.5 Å². The van der Waals surface area contributed by atoms with Crippen molar-refractivity contribution in [2.45, 2.75) is 13.5 Å². The lowest BCUT2D eigenvalue weighted by Crippen LogP contribution is -2.29. The molecule has 0 spiro atoms. The van der Waals surface area contributed by atoms with Gasteiger partial charge in [-0.2, -0.15) is 0 Å². The van der Waals surface area contributed by atoms with E-state index in [-0.39, 0.29) is 18.4 Å². The number of anilines is 3. The third-order valence-electron chi connectivity index (χ3n) is 5.27. The number of hydrogen-bond acceptors (Lipinski definition) is 7. The average molecular weight is 502 g/mol. The maximum Gasteiger partial charge on any atom is 0.239 e. The van der Waals surface area contributed by atoms with Crippen LogP contribution in [0.15, 0.2) is 79.0 Å². The standard InChI is InChI=1S/C20H21N5O2.C8H10O2/c1-13(26)25-17-4-2-3-14(9-17)11-24-19(27)12-23-16-5-6-18-15(10-16)7-8-22-20(18)21;1-9-7-5-3-4-6-8(7)10-2/h2-10,23H,11-12H2,1H3,(H2,21,22)(H,24,27)(H,25,26);3-6H,1-2H3. The van der Waals surface area contributed by atoms with Crippen LogP contribution in [0, 0.1) is 0 Å². The van der Waals surface area contributed by atoms with E-state index in [2.05, 4.69) is 20.9 Å². The Hall–Kier alpha value is -4.79. The smallest absolute Gasteiger partial charge is 0.239 e. The lowest BCUT2D eigenvalue weighted by atomic mass is 10.1. The van der Waals surface area contributed by atoms with Crippen LogP contribution < -0.4 is 31.2 Å². The number of nitrogens with one attached hydrogen (secondary N) is 3. The molecular formula is C28H31N5O4. The Morgan fingerprint density at radius 1 is 0.892 bits per heavy atom. The molecule has 2 amide bonds. The number of carbonyl (C=O) groups excluding carboxylic acids is 2. The molecule has 9 nitrogen and oxygen atoms in total. The number of amides is 2. The molecular weight excluding hydrogens is 470 g/mol. The number of hydrogen-bond donors (Lipinski definition) is 4. The third kappa shape index (κ3) is 8.14. The molecule has 0 saturated heterocycles. The summed E-state index contributed by atoms with van der Waals surface area (Å²) in [6.07, 6.45) is 1.66. The molecule has 0 saturated carbocycles. The Morgan fingerprint density at radius 2 is 1.62 bits per heavy atom. The molecule has 5 N–H and O–H groups in total. The van der Waals surface area contributed by atoms with Crippen LogP contribution in [0.3, 0.4) is 0 Å². The van der Waals surface area contributed by atoms with Gasteiger partial charge in [0.2, 0.25) is 11.8 Å². The van der Waals surface area contributed by atoms with E-state index in [4.69, 9.17) is 15.2 Å². The zero-order valence-corrected chi connectivity index (χ0v) is 21.1. The maximum atomic E-state index is 12.1. The molecule has 0 radical (unpaired) electrons. The molecule has 0 unspecified atom stereocenters. The van der Waals surface area contributed by atoms with Gasteiger partial charge in [-0.3, -0.25) is 9.59 Å². The minimum atomic E-state index is -0.131. The monoisotopic (exact) mass is 501 g/mol. The number of nitrogens with two attached hydrogens (primary N) is 1. The summed E-state index contributed by atoms with van der Waals surface area (Å²) in [6, 6.07) is 22.4. The van der Waals surface area contributed by atoms with Crippen LogP contribution in [0.2, 0.25) is 0 Å². The molecule has 4 rings (SSSR count). The molecule has 192 valence electrons. The van der Waals surface area contributed by atoms with Gasteiger partial charge in [0, 0.05) is 36.4 Å². The molecule has 0 aliphatic rings. The average Bonchev–Trinajstić information content (AvgIpc) is 2.91. The summed E-state index contributed by atoms with van der Waals surface area (Å²) in [4.78, 5) is 27.3. The molecule has 37 heavy (non-hydrogen) atoms. The molecule has 4 aromatic rings.